The Bertz CT molecular complexity index is 1590. The van der Waals surface area contributed by atoms with Crippen LogP contribution >= 0.6 is 0 Å². The number of amides is 8. The number of guanidine groups is 1. The zero-order valence-electron chi connectivity index (χ0n) is 34.1. The summed E-state index contributed by atoms with van der Waals surface area (Å²) in [5.74, 6) is -7.59. The normalized spacial score (nSPS) is 27.0. The molecule has 3 aliphatic rings. The lowest BCUT2D eigenvalue weighted by Gasteiger charge is -2.34. The third-order valence-corrected chi connectivity index (χ3v) is 10.3. The maximum absolute atomic E-state index is 14.1. The van der Waals surface area contributed by atoms with Gasteiger partial charge in [-0.25, -0.2) is 0 Å². The molecular weight excluding hydrogens is 772 g/mol. The van der Waals surface area contributed by atoms with Crippen LogP contribution in [0.1, 0.15) is 91.4 Å². The van der Waals surface area contributed by atoms with Crippen LogP contribution in [0.2, 0.25) is 0 Å². The van der Waals surface area contributed by atoms with Crippen LogP contribution in [0.15, 0.2) is 4.99 Å². The second kappa shape index (κ2) is 23.2. The molecule has 22 nitrogen and oxygen atoms in total. The number of carbonyl (C=O) groups is 9. The summed E-state index contributed by atoms with van der Waals surface area (Å²) in [4.78, 5) is 128. The van der Waals surface area contributed by atoms with E-state index in [2.05, 4.69) is 36.9 Å². The van der Waals surface area contributed by atoms with Gasteiger partial charge in [-0.2, -0.15) is 0 Å². The highest BCUT2D eigenvalue weighted by molar-refractivity contribution is 5.99. The summed E-state index contributed by atoms with van der Waals surface area (Å²) in [5, 5.41) is 24.8. The Hall–Kier alpha value is -5.54. The lowest BCUT2D eigenvalue weighted by molar-refractivity contribution is -0.148. The average molecular weight is 835 g/mol. The maximum atomic E-state index is 14.1. The zero-order valence-corrected chi connectivity index (χ0v) is 34.1. The fourth-order valence-electron chi connectivity index (χ4n) is 7.35. The predicted molar refractivity (Wildman–Crippen MR) is 212 cm³/mol. The molecule has 22 heteroatoms. The van der Waals surface area contributed by atoms with Crippen molar-refractivity contribution in [3.05, 3.63) is 0 Å². The van der Waals surface area contributed by atoms with E-state index < -0.39 is 108 Å². The standard InChI is InChI=1S/C37H62N12O10/c1-20(2)17-25-35(58)49-16-8-12-27(49)36(59)48-15-7-11-26(48)34(57)43-21(3)30(53)45-23(9-4-5-13-38)32(55)46-22(10-6-14-41-37(39)40)31(54)42-19-28(50)44-24(18-29(51)52)33(56)47-25/h20-27H,4-19,38H2,1-3H3,(H,42,54)(H,43,57)(H,44,50)(H,45,53)(H,46,55)(H,47,56)(H,51,52)(H4,39,40,41)/t21-,22-,23-,24-,25-,26-,27+/m0/s1. The number of carboxylic acids is 1. The minimum atomic E-state index is -1.67. The van der Waals surface area contributed by atoms with E-state index in [1.54, 1.807) is 0 Å². The molecule has 59 heavy (non-hydrogen) atoms. The molecular formula is C37H62N12O10. The average Bonchev–Trinajstić information content (AvgIpc) is 3.87. The number of aliphatic carboxylic acids is 1. The van der Waals surface area contributed by atoms with Gasteiger partial charge in [-0.3, -0.25) is 48.1 Å². The summed E-state index contributed by atoms with van der Waals surface area (Å²) in [6.45, 7) is 5.12. The van der Waals surface area contributed by atoms with Crippen molar-refractivity contribution in [1.82, 2.24) is 41.7 Å². The van der Waals surface area contributed by atoms with Crippen LogP contribution in [0.25, 0.3) is 0 Å². The molecule has 0 aliphatic carbocycles. The van der Waals surface area contributed by atoms with E-state index in [1.165, 1.54) is 16.7 Å². The summed E-state index contributed by atoms with van der Waals surface area (Å²) < 4.78 is 0. The van der Waals surface area contributed by atoms with E-state index >= 15 is 0 Å². The molecule has 0 aromatic heterocycles. The molecule has 0 spiro atoms. The van der Waals surface area contributed by atoms with Crippen molar-refractivity contribution < 1.29 is 48.3 Å². The first-order valence-electron chi connectivity index (χ1n) is 20.3. The first-order valence-corrected chi connectivity index (χ1v) is 20.3. The molecule has 8 amide bonds. The fraction of sp³-hybridized carbons (Fsp3) is 0.730. The number of carboxylic acid groups (broad SMARTS) is 1. The van der Waals surface area contributed by atoms with Gasteiger partial charge in [0.05, 0.1) is 13.0 Å². The number of nitrogens with zero attached hydrogens (tertiary/aromatic N) is 3. The highest BCUT2D eigenvalue weighted by atomic mass is 16.4. The van der Waals surface area contributed by atoms with E-state index in [4.69, 9.17) is 17.2 Å². The van der Waals surface area contributed by atoms with E-state index in [-0.39, 0.29) is 57.2 Å². The fourth-order valence-corrected chi connectivity index (χ4v) is 7.35. The van der Waals surface area contributed by atoms with Gasteiger partial charge >= 0.3 is 5.97 Å². The summed E-state index contributed by atoms with van der Waals surface area (Å²) in [6, 6.07) is -8.37. The summed E-state index contributed by atoms with van der Waals surface area (Å²) in [5.41, 5.74) is 16.5. The quantitative estimate of drug-likeness (QED) is 0.0514. The van der Waals surface area contributed by atoms with Crippen LogP contribution in [0.5, 0.6) is 0 Å². The molecule has 0 aromatic rings. The lowest BCUT2D eigenvalue weighted by Crippen LogP contribution is -2.60. The second-order valence-corrected chi connectivity index (χ2v) is 15.6. The van der Waals surface area contributed by atoms with Gasteiger partial charge in [-0.05, 0) is 83.6 Å². The number of hydrogen-bond donors (Lipinski definition) is 10. The van der Waals surface area contributed by atoms with Crippen LogP contribution in [0, 0.1) is 5.92 Å². The number of nitrogens with one attached hydrogen (secondary N) is 6. The van der Waals surface area contributed by atoms with E-state index in [9.17, 15) is 48.3 Å². The van der Waals surface area contributed by atoms with Crippen molar-refractivity contribution in [2.24, 2.45) is 28.1 Å². The SMILES string of the molecule is CC(C)C[C@@H]1NC(=O)[C@H](CC(=O)O)NC(=O)CNC(=O)[C@H](CCCN=C(N)N)NC(=O)[C@H](CCCCN)NC(=O)[C@H](C)NC(=O)[C@@H]2CCCN2C(=O)[C@H]2CCCN2C1=O. The highest BCUT2D eigenvalue weighted by Crippen LogP contribution is 2.26. The van der Waals surface area contributed by atoms with Crippen molar-refractivity contribution >= 4 is 59.2 Å². The Kier molecular flexibility index (Phi) is 18.8. The number of fused-ring (bicyclic) bond motifs is 2. The number of carbonyl (C=O) groups excluding carboxylic acids is 8. The van der Waals surface area contributed by atoms with Gasteiger partial charge in [-0.1, -0.05) is 13.8 Å². The minimum absolute atomic E-state index is 0.0182. The number of aliphatic imine (C=N–C) groups is 1. The van der Waals surface area contributed by atoms with Crippen LogP contribution in [-0.2, 0) is 43.2 Å². The molecule has 7 atom stereocenters. The van der Waals surface area contributed by atoms with Gasteiger partial charge in [0.15, 0.2) is 5.96 Å². The van der Waals surface area contributed by atoms with E-state index in [0.29, 0.717) is 45.1 Å². The minimum Gasteiger partial charge on any atom is -0.481 e. The molecule has 0 saturated carbocycles. The Labute approximate surface area is 343 Å². The predicted octanol–water partition coefficient (Wildman–Crippen LogP) is -3.75. The van der Waals surface area contributed by atoms with E-state index in [1.807, 2.05) is 13.8 Å². The van der Waals surface area contributed by atoms with Crippen LogP contribution < -0.4 is 49.1 Å². The van der Waals surface area contributed by atoms with Gasteiger partial charge < -0.3 is 64.0 Å². The zero-order chi connectivity index (χ0) is 43.8. The molecule has 0 aromatic carbocycles. The molecule has 13 N–H and O–H groups in total. The van der Waals surface area contributed by atoms with Gasteiger partial charge in [0.1, 0.15) is 42.3 Å². The van der Waals surface area contributed by atoms with Crippen molar-refractivity contribution in [2.75, 3.05) is 32.7 Å². The highest BCUT2D eigenvalue weighted by Gasteiger charge is 2.44. The molecule has 3 saturated heterocycles. The molecule has 3 heterocycles. The molecule has 3 fully saturated rings. The molecule has 330 valence electrons. The van der Waals surface area contributed by atoms with Gasteiger partial charge in [0.25, 0.3) is 0 Å². The monoisotopic (exact) mass is 834 g/mol. The van der Waals surface area contributed by atoms with Crippen molar-refractivity contribution in [1.29, 1.82) is 0 Å². The Balaban J connectivity index is 2.01. The summed E-state index contributed by atoms with van der Waals surface area (Å²) >= 11 is 0. The Morgan fingerprint density at radius 2 is 1.31 bits per heavy atom. The number of unbranched alkanes of at least 4 members (excludes halogenated alkanes) is 1. The number of nitrogens with two attached hydrogens (primary N) is 3. The first-order chi connectivity index (χ1) is 27.9. The van der Waals surface area contributed by atoms with Crippen LogP contribution in [-0.4, -0.2) is 149 Å². The van der Waals surface area contributed by atoms with E-state index in [0.717, 1.165) is 0 Å². The third kappa shape index (κ3) is 14.7. The van der Waals surface area contributed by atoms with Crippen molar-refractivity contribution in [3.63, 3.8) is 0 Å². The second-order valence-electron chi connectivity index (χ2n) is 15.6. The Morgan fingerprint density at radius 3 is 1.93 bits per heavy atom. The third-order valence-electron chi connectivity index (χ3n) is 10.3. The molecule has 0 unspecified atom stereocenters. The summed E-state index contributed by atoms with van der Waals surface area (Å²) in [6.07, 6.45) is 2.02. The molecule has 3 aliphatic heterocycles. The van der Waals surface area contributed by atoms with Gasteiger partial charge in [-0.15, -0.1) is 0 Å². The molecule has 0 radical (unpaired) electrons. The van der Waals surface area contributed by atoms with Crippen molar-refractivity contribution in [2.45, 2.75) is 134 Å². The maximum Gasteiger partial charge on any atom is 0.305 e. The topological polar surface area (TPSA) is 343 Å². The van der Waals surface area contributed by atoms with Gasteiger partial charge in [0, 0.05) is 19.6 Å². The van der Waals surface area contributed by atoms with Crippen LogP contribution in [0.3, 0.4) is 0 Å². The van der Waals surface area contributed by atoms with Crippen molar-refractivity contribution in [3.8, 4) is 0 Å². The first kappa shape index (κ1) is 47.8. The molecule has 0 bridgehead atoms. The molecule has 3 rings (SSSR count). The van der Waals surface area contributed by atoms with Gasteiger partial charge in [0.2, 0.25) is 47.3 Å². The number of rotatable bonds is 12. The lowest BCUT2D eigenvalue weighted by atomic mass is 10.0. The summed E-state index contributed by atoms with van der Waals surface area (Å²) in [7, 11) is 0. The largest absolute Gasteiger partial charge is 0.481 e. The Morgan fingerprint density at radius 1 is 0.729 bits per heavy atom. The number of hydrogen-bond acceptors (Lipinski definition) is 11. The van der Waals surface area contributed by atoms with Crippen LogP contribution in [0.4, 0.5) is 0 Å². The smallest absolute Gasteiger partial charge is 0.305 e.